The molecule has 2 aliphatic rings. The summed E-state index contributed by atoms with van der Waals surface area (Å²) >= 11 is 0. The number of carbonyl (C=O) groups is 1. The van der Waals surface area contributed by atoms with Crippen LogP contribution in [0.15, 0.2) is 60.7 Å². The zero-order chi connectivity index (χ0) is 25.4. The van der Waals surface area contributed by atoms with Gasteiger partial charge in [0.1, 0.15) is 24.8 Å². The molecule has 0 N–H and O–H groups in total. The van der Waals surface area contributed by atoms with Crippen LogP contribution in [0.5, 0.6) is 17.2 Å². The predicted molar refractivity (Wildman–Crippen MR) is 143 cm³/mol. The van der Waals surface area contributed by atoms with Crippen molar-refractivity contribution in [3.63, 3.8) is 0 Å². The molecule has 0 spiro atoms. The third kappa shape index (κ3) is 4.50. The first kappa shape index (κ1) is 23.4. The van der Waals surface area contributed by atoms with E-state index in [1.165, 1.54) is 0 Å². The number of rotatable bonds is 7. The highest BCUT2D eigenvalue weighted by Gasteiger charge is 2.35. The van der Waals surface area contributed by atoms with E-state index in [0.717, 1.165) is 58.1 Å². The van der Waals surface area contributed by atoms with Crippen molar-refractivity contribution < 1.29 is 19.0 Å². The fraction of sp³-hybridized carbons (Fsp3) is 0.333. The van der Waals surface area contributed by atoms with Crippen LogP contribution in [0, 0.1) is 13.8 Å². The molecule has 37 heavy (non-hydrogen) atoms. The minimum absolute atomic E-state index is 0.00707. The highest BCUT2D eigenvalue weighted by atomic mass is 16.6. The van der Waals surface area contributed by atoms with E-state index >= 15 is 0 Å². The van der Waals surface area contributed by atoms with E-state index in [1.807, 2.05) is 41.3 Å². The van der Waals surface area contributed by atoms with Gasteiger partial charge in [-0.3, -0.25) is 4.79 Å². The number of hydrogen-bond acceptors (Lipinski definition) is 5. The molecule has 4 aromatic rings. The molecule has 1 fully saturated rings. The normalized spacial score (nSPS) is 17.0. The number of fused-ring (bicyclic) bond motifs is 2. The Bertz CT molecular complexity index is 1440. The fourth-order valence-corrected chi connectivity index (χ4v) is 5.39. The molecule has 2 aliphatic heterocycles. The second-order valence-corrected chi connectivity index (χ2v) is 9.77. The van der Waals surface area contributed by atoms with Gasteiger partial charge in [-0.25, -0.2) is 4.98 Å². The quantitative estimate of drug-likeness (QED) is 0.319. The molecule has 1 saturated heterocycles. The molecule has 1 atom stereocenters. The molecule has 0 radical (unpaired) electrons. The Balaban J connectivity index is 1.21. The van der Waals surface area contributed by atoms with Gasteiger partial charge >= 0.3 is 0 Å². The van der Waals surface area contributed by atoms with Gasteiger partial charge in [0.05, 0.1) is 17.6 Å². The Morgan fingerprint density at radius 1 is 0.973 bits per heavy atom. The summed E-state index contributed by atoms with van der Waals surface area (Å²) < 4.78 is 19.8. The van der Waals surface area contributed by atoms with Crippen LogP contribution >= 0.6 is 0 Å². The van der Waals surface area contributed by atoms with Gasteiger partial charge in [0, 0.05) is 37.2 Å². The minimum atomic E-state index is 0.00707. The lowest BCUT2D eigenvalue weighted by Crippen LogP contribution is -2.25. The first-order valence-electron chi connectivity index (χ1n) is 12.9. The van der Waals surface area contributed by atoms with Crippen molar-refractivity contribution >= 4 is 22.6 Å². The van der Waals surface area contributed by atoms with Crippen molar-refractivity contribution in [3.8, 4) is 17.2 Å². The lowest BCUT2D eigenvalue weighted by molar-refractivity contribution is -0.117. The second-order valence-electron chi connectivity index (χ2n) is 9.77. The molecule has 0 bridgehead atoms. The summed E-state index contributed by atoms with van der Waals surface area (Å²) in [6.45, 7) is 7.19. The summed E-state index contributed by atoms with van der Waals surface area (Å²) in [5.41, 5.74) is 5.18. The van der Waals surface area contributed by atoms with Crippen LogP contribution in [0.25, 0.3) is 11.0 Å². The molecule has 0 saturated carbocycles. The highest BCUT2D eigenvalue weighted by Crippen LogP contribution is 2.38. The number of anilines is 1. The number of imidazole rings is 1. The predicted octanol–water partition coefficient (Wildman–Crippen LogP) is 5.41. The average Bonchev–Trinajstić information content (AvgIpc) is 3.48. The molecule has 3 aromatic carbocycles. The van der Waals surface area contributed by atoms with E-state index in [1.54, 1.807) is 0 Å². The third-order valence-electron chi connectivity index (χ3n) is 7.19. The number of aromatic nitrogens is 2. The van der Waals surface area contributed by atoms with Crippen molar-refractivity contribution in [3.05, 3.63) is 77.6 Å². The van der Waals surface area contributed by atoms with Crippen LogP contribution in [0.2, 0.25) is 0 Å². The molecule has 7 heteroatoms. The van der Waals surface area contributed by atoms with Crippen molar-refractivity contribution in [2.75, 3.05) is 31.3 Å². The van der Waals surface area contributed by atoms with E-state index in [2.05, 4.69) is 42.7 Å². The number of hydrogen-bond donors (Lipinski definition) is 0. The van der Waals surface area contributed by atoms with Gasteiger partial charge in [0.2, 0.25) is 5.91 Å². The Kier molecular flexibility index (Phi) is 6.20. The molecule has 7 nitrogen and oxygen atoms in total. The van der Waals surface area contributed by atoms with Crippen molar-refractivity contribution in [1.29, 1.82) is 0 Å². The molecule has 1 unspecified atom stereocenters. The lowest BCUT2D eigenvalue weighted by Gasteiger charge is -2.22. The largest absolute Gasteiger partial charge is 0.493 e. The van der Waals surface area contributed by atoms with Gasteiger partial charge in [-0.2, -0.15) is 0 Å². The molecule has 1 aromatic heterocycles. The topological polar surface area (TPSA) is 65.8 Å². The Morgan fingerprint density at radius 3 is 2.59 bits per heavy atom. The Hall–Kier alpha value is -4.00. The third-order valence-corrected chi connectivity index (χ3v) is 7.19. The summed E-state index contributed by atoms with van der Waals surface area (Å²) in [6.07, 6.45) is 1.27. The van der Waals surface area contributed by atoms with Gasteiger partial charge in [-0.1, -0.05) is 30.3 Å². The van der Waals surface area contributed by atoms with E-state index < -0.39 is 0 Å². The average molecular weight is 498 g/mol. The molecule has 0 aliphatic carbocycles. The first-order valence-corrected chi connectivity index (χ1v) is 12.9. The molecule has 190 valence electrons. The first-order chi connectivity index (χ1) is 18.1. The van der Waals surface area contributed by atoms with Gasteiger partial charge in [-0.05, 0) is 55.7 Å². The summed E-state index contributed by atoms with van der Waals surface area (Å²) in [6, 6.07) is 20.1. The van der Waals surface area contributed by atoms with E-state index in [0.29, 0.717) is 38.5 Å². The number of amides is 1. The smallest absolute Gasteiger partial charge is 0.227 e. The number of benzene rings is 3. The molecular formula is C30H31N3O4. The zero-order valence-corrected chi connectivity index (χ0v) is 21.3. The van der Waals surface area contributed by atoms with Crippen LogP contribution in [-0.2, 0) is 11.3 Å². The maximum absolute atomic E-state index is 13.1. The number of ether oxygens (including phenoxy) is 3. The van der Waals surface area contributed by atoms with Crippen LogP contribution in [-0.4, -0.2) is 41.8 Å². The SMILES string of the molecule is Cc1cccc(C)c1OCCCn1c(C2CC(=O)N(c3ccc4c(c3)OCCO4)C2)nc2ccccc21. The van der Waals surface area contributed by atoms with Crippen LogP contribution < -0.4 is 19.1 Å². The summed E-state index contributed by atoms with van der Waals surface area (Å²) in [5, 5.41) is 0. The standard InChI is InChI=1S/C30H31N3O4/c1-20-7-5-8-21(2)29(20)37-14-6-13-32-25-10-4-3-9-24(25)31-30(32)22-17-28(34)33(19-22)23-11-12-26-27(18-23)36-16-15-35-26/h3-5,7-12,18,22H,6,13-17,19H2,1-2H3. The zero-order valence-electron chi connectivity index (χ0n) is 21.3. The Labute approximate surface area is 216 Å². The fourth-order valence-electron chi connectivity index (χ4n) is 5.39. The van der Waals surface area contributed by atoms with Crippen molar-refractivity contribution in [2.45, 2.75) is 39.2 Å². The number of carbonyl (C=O) groups excluding carboxylic acids is 1. The number of para-hydroxylation sites is 3. The van der Waals surface area contributed by atoms with Gasteiger partial charge in [0.25, 0.3) is 0 Å². The van der Waals surface area contributed by atoms with Crippen molar-refractivity contribution in [1.82, 2.24) is 9.55 Å². The van der Waals surface area contributed by atoms with Crippen LogP contribution in [0.3, 0.4) is 0 Å². The second kappa shape index (κ2) is 9.81. The number of nitrogens with zero attached hydrogens (tertiary/aromatic N) is 3. The molecule has 6 rings (SSSR count). The lowest BCUT2D eigenvalue weighted by atomic mass is 10.1. The van der Waals surface area contributed by atoms with E-state index in [4.69, 9.17) is 19.2 Å². The number of aryl methyl sites for hydroxylation is 3. The highest BCUT2D eigenvalue weighted by molar-refractivity contribution is 5.97. The van der Waals surface area contributed by atoms with Gasteiger partial charge in [0.15, 0.2) is 11.5 Å². The monoisotopic (exact) mass is 497 g/mol. The van der Waals surface area contributed by atoms with Crippen LogP contribution in [0.1, 0.15) is 35.7 Å². The van der Waals surface area contributed by atoms with E-state index in [9.17, 15) is 4.79 Å². The Morgan fingerprint density at radius 2 is 1.76 bits per heavy atom. The maximum atomic E-state index is 13.1. The maximum Gasteiger partial charge on any atom is 0.227 e. The molecule has 1 amide bonds. The summed E-state index contributed by atoms with van der Waals surface area (Å²) in [7, 11) is 0. The molecule has 3 heterocycles. The van der Waals surface area contributed by atoms with Gasteiger partial charge < -0.3 is 23.7 Å². The minimum Gasteiger partial charge on any atom is -0.493 e. The van der Waals surface area contributed by atoms with Crippen molar-refractivity contribution in [2.24, 2.45) is 0 Å². The summed E-state index contributed by atoms with van der Waals surface area (Å²) in [5.74, 6) is 3.45. The van der Waals surface area contributed by atoms with Crippen LogP contribution in [0.4, 0.5) is 5.69 Å². The van der Waals surface area contributed by atoms with E-state index in [-0.39, 0.29) is 11.8 Å². The molecular weight excluding hydrogens is 466 g/mol. The van der Waals surface area contributed by atoms with Gasteiger partial charge in [-0.15, -0.1) is 0 Å². The summed E-state index contributed by atoms with van der Waals surface area (Å²) in [4.78, 5) is 20.0.